The van der Waals surface area contributed by atoms with E-state index in [1.165, 1.54) is 0 Å². The number of ether oxygens (including phenoxy) is 1. The van der Waals surface area contributed by atoms with Crippen molar-refractivity contribution in [2.75, 3.05) is 13.2 Å². The fraction of sp³-hybridized carbons (Fsp3) is 0.538. The average Bonchev–Trinajstić information content (AvgIpc) is 2.30. The molecule has 2 rings (SSSR count). The lowest BCUT2D eigenvalue weighted by Crippen LogP contribution is -2.28. The van der Waals surface area contributed by atoms with Crippen LogP contribution in [-0.2, 0) is 11.2 Å². The van der Waals surface area contributed by atoms with Gasteiger partial charge < -0.3 is 14.9 Å². The Balaban J connectivity index is 1.93. The summed E-state index contributed by atoms with van der Waals surface area (Å²) >= 11 is 0. The highest BCUT2D eigenvalue weighted by Gasteiger charge is 2.22. The molecule has 2 N–H and O–H groups in total. The highest BCUT2D eigenvalue weighted by Crippen LogP contribution is 2.22. The second kappa shape index (κ2) is 5.32. The van der Waals surface area contributed by atoms with Crippen molar-refractivity contribution in [3.8, 4) is 5.75 Å². The molecule has 1 unspecified atom stereocenters. The van der Waals surface area contributed by atoms with Gasteiger partial charge in [-0.2, -0.15) is 0 Å². The van der Waals surface area contributed by atoms with Crippen LogP contribution in [0.1, 0.15) is 18.4 Å². The van der Waals surface area contributed by atoms with Gasteiger partial charge in [0.15, 0.2) is 0 Å². The van der Waals surface area contributed by atoms with E-state index in [9.17, 15) is 10.2 Å². The van der Waals surface area contributed by atoms with Crippen LogP contribution in [0.25, 0.3) is 0 Å². The molecule has 3 nitrogen and oxygen atoms in total. The Bertz CT molecular complexity index is 332. The molecule has 0 aromatic heterocycles. The standard InChI is InChI=1S/C13H18O3/c14-12-3-1-2-10(8-12)9-13(15)11-4-6-16-7-5-11/h1-3,8,11,13-15H,4-7,9H2. The molecule has 0 bridgehead atoms. The molecule has 16 heavy (non-hydrogen) atoms. The second-order valence-electron chi connectivity index (χ2n) is 4.39. The Labute approximate surface area is 95.7 Å². The maximum absolute atomic E-state index is 10.1. The van der Waals surface area contributed by atoms with Crippen molar-refractivity contribution in [2.45, 2.75) is 25.4 Å². The summed E-state index contributed by atoms with van der Waals surface area (Å²) in [4.78, 5) is 0. The Morgan fingerprint density at radius 2 is 2.06 bits per heavy atom. The van der Waals surface area contributed by atoms with E-state index >= 15 is 0 Å². The van der Waals surface area contributed by atoms with Crippen LogP contribution in [0.2, 0.25) is 0 Å². The van der Waals surface area contributed by atoms with Gasteiger partial charge in [0.2, 0.25) is 0 Å². The zero-order valence-corrected chi connectivity index (χ0v) is 9.30. The van der Waals surface area contributed by atoms with Crippen LogP contribution in [0.3, 0.4) is 0 Å². The SMILES string of the molecule is Oc1cccc(CC(O)C2CCOCC2)c1. The number of phenolic OH excluding ortho intramolecular Hbond substituents is 1. The summed E-state index contributed by atoms with van der Waals surface area (Å²) in [5.74, 6) is 0.591. The Kier molecular flexibility index (Phi) is 3.80. The van der Waals surface area contributed by atoms with Gasteiger partial charge in [-0.1, -0.05) is 12.1 Å². The van der Waals surface area contributed by atoms with Crippen LogP contribution in [0.15, 0.2) is 24.3 Å². The van der Waals surface area contributed by atoms with Gasteiger partial charge in [-0.25, -0.2) is 0 Å². The maximum atomic E-state index is 10.1. The number of aromatic hydroxyl groups is 1. The third-order valence-corrected chi connectivity index (χ3v) is 3.17. The van der Waals surface area contributed by atoms with Crippen molar-refractivity contribution in [3.05, 3.63) is 29.8 Å². The summed E-state index contributed by atoms with van der Waals surface area (Å²) in [6, 6.07) is 7.09. The van der Waals surface area contributed by atoms with Gasteiger partial charge in [0, 0.05) is 13.2 Å². The lowest BCUT2D eigenvalue weighted by Gasteiger charge is -2.26. The van der Waals surface area contributed by atoms with Crippen molar-refractivity contribution < 1.29 is 14.9 Å². The molecule has 1 heterocycles. The number of aliphatic hydroxyl groups excluding tert-OH is 1. The Hall–Kier alpha value is -1.06. The minimum Gasteiger partial charge on any atom is -0.508 e. The maximum Gasteiger partial charge on any atom is 0.115 e. The van der Waals surface area contributed by atoms with Crippen molar-refractivity contribution >= 4 is 0 Å². The molecule has 1 atom stereocenters. The molecule has 1 aliphatic rings. The van der Waals surface area contributed by atoms with Crippen molar-refractivity contribution in [1.82, 2.24) is 0 Å². The van der Waals surface area contributed by atoms with Crippen LogP contribution < -0.4 is 0 Å². The Morgan fingerprint density at radius 1 is 1.31 bits per heavy atom. The molecule has 1 fully saturated rings. The third kappa shape index (κ3) is 2.97. The van der Waals surface area contributed by atoms with Crippen LogP contribution in [0.5, 0.6) is 5.75 Å². The number of benzene rings is 1. The zero-order chi connectivity index (χ0) is 11.4. The van der Waals surface area contributed by atoms with E-state index in [4.69, 9.17) is 4.74 Å². The van der Waals surface area contributed by atoms with Gasteiger partial charge >= 0.3 is 0 Å². The average molecular weight is 222 g/mol. The molecule has 1 aliphatic heterocycles. The minimum absolute atomic E-state index is 0.261. The topological polar surface area (TPSA) is 49.7 Å². The molecule has 3 heteroatoms. The highest BCUT2D eigenvalue weighted by atomic mass is 16.5. The molecule has 0 aliphatic carbocycles. The molecular weight excluding hydrogens is 204 g/mol. The number of phenols is 1. The zero-order valence-electron chi connectivity index (χ0n) is 9.30. The molecule has 1 aromatic rings. The molecule has 0 saturated carbocycles. The van der Waals surface area contributed by atoms with Crippen LogP contribution in [0, 0.1) is 5.92 Å². The summed E-state index contributed by atoms with van der Waals surface area (Å²) in [6.07, 6.45) is 2.14. The first-order valence-electron chi connectivity index (χ1n) is 5.79. The van der Waals surface area contributed by atoms with Gasteiger partial charge in [-0.15, -0.1) is 0 Å². The quantitative estimate of drug-likeness (QED) is 0.818. The summed E-state index contributed by atoms with van der Waals surface area (Å²) in [7, 11) is 0. The van der Waals surface area contributed by atoms with Gasteiger partial charge in [0.25, 0.3) is 0 Å². The van der Waals surface area contributed by atoms with Crippen molar-refractivity contribution in [2.24, 2.45) is 5.92 Å². The van der Waals surface area contributed by atoms with E-state index in [1.54, 1.807) is 18.2 Å². The first kappa shape index (κ1) is 11.4. The minimum atomic E-state index is -0.328. The van der Waals surface area contributed by atoms with E-state index in [1.807, 2.05) is 6.07 Å². The number of hydrogen-bond acceptors (Lipinski definition) is 3. The van der Waals surface area contributed by atoms with Crippen molar-refractivity contribution in [1.29, 1.82) is 0 Å². The number of aliphatic hydroxyl groups is 1. The molecule has 0 spiro atoms. The lowest BCUT2D eigenvalue weighted by molar-refractivity contribution is 0.00838. The first-order chi connectivity index (χ1) is 7.75. The largest absolute Gasteiger partial charge is 0.508 e. The molecule has 0 radical (unpaired) electrons. The number of hydrogen-bond donors (Lipinski definition) is 2. The van der Waals surface area contributed by atoms with E-state index in [-0.39, 0.29) is 11.9 Å². The predicted octanol–water partition coefficient (Wildman–Crippen LogP) is 1.72. The summed E-state index contributed by atoms with van der Waals surface area (Å²) < 4.78 is 5.27. The van der Waals surface area contributed by atoms with Crippen LogP contribution >= 0.6 is 0 Å². The van der Waals surface area contributed by atoms with E-state index in [0.717, 1.165) is 31.6 Å². The molecular formula is C13H18O3. The van der Waals surface area contributed by atoms with E-state index < -0.39 is 0 Å². The number of rotatable bonds is 3. The van der Waals surface area contributed by atoms with Gasteiger partial charge in [0.1, 0.15) is 5.75 Å². The second-order valence-corrected chi connectivity index (χ2v) is 4.39. The summed E-state index contributed by atoms with van der Waals surface area (Å²) in [5.41, 5.74) is 0.985. The fourth-order valence-electron chi connectivity index (χ4n) is 2.19. The summed E-state index contributed by atoms with van der Waals surface area (Å²) in [5, 5.41) is 19.4. The van der Waals surface area contributed by atoms with Crippen molar-refractivity contribution in [3.63, 3.8) is 0 Å². The third-order valence-electron chi connectivity index (χ3n) is 3.17. The van der Waals surface area contributed by atoms with Gasteiger partial charge in [0.05, 0.1) is 6.10 Å². The first-order valence-corrected chi connectivity index (χ1v) is 5.79. The molecule has 1 saturated heterocycles. The highest BCUT2D eigenvalue weighted by molar-refractivity contribution is 5.27. The van der Waals surface area contributed by atoms with Gasteiger partial charge in [-0.05, 0) is 42.9 Å². The lowest BCUT2D eigenvalue weighted by atomic mass is 9.90. The van der Waals surface area contributed by atoms with E-state index in [0.29, 0.717) is 12.3 Å². The molecule has 0 amide bonds. The normalized spacial score (nSPS) is 19.6. The smallest absolute Gasteiger partial charge is 0.115 e. The Morgan fingerprint density at radius 3 is 2.75 bits per heavy atom. The van der Waals surface area contributed by atoms with Gasteiger partial charge in [-0.3, -0.25) is 0 Å². The van der Waals surface area contributed by atoms with E-state index in [2.05, 4.69) is 0 Å². The molecule has 88 valence electrons. The molecule has 1 aromatic carbocycles. The summed E-state index contributed by atoms with van der Waals surface area (Å²) in [6.45, 7) is 1.50. The van der Waals surface area contributed by atoms with Crippen LogP contribution in [0.4, 0.5) is 0 Å². The fourth-order valence-corrected chi connectivity index (χ4v) is 2.19. The monoisotopic (exact) mass is 222 g/mol. The van der Waals surface area contributed by atoms with Crippen LogP contribution in [-0.4, -0.2) is 29.5 Å². The predicted molar refractivity (Wildman–Crippen MR) is 61.4 cm³/mol.